The minimum Gasteiger partial charge on any atom is -0.488 e. The molecule has 0 unspecified atom stereocenters. The van der Waals surface area contributed by atoms with Crippen LogP contribution < -0.4 is 9.47 Å². The van der Waals surface area contributed by atoms with Gasteiger partial charge in [-0.15, -0.1) is 13.2 Å². The first-order valence-electron chi connectivity index (χ1n) is 8.79. The standard InChI is InChI=1S/C22H14F6O3/c23-21(24,25)18-3-1-2-14(10-18)13-30-20-9-6-16(11-17(20)12-29)15-4-7-19(8-5-15)31-22(26,27)28/h1-12H,13H2. The van der Waals surface area contributed by atoms with Crippen LogP contribution in [0.3, 0.4) is 0 Å². The van der Waals surface area contributed by atoms with E-state index in [2.05, 4.69) is 4.74 Å². The van der Waals surface area contributed by atoms with Gasteiger partial charge in [-0.1, -0.05) is 30.3 Å². The van der Waals surface area contributed by atoms with Crippen molar-refractivity contribution in [2.45, 2.75) is 19.1 Å². The van der Waals surface area contributed by atoms with Gasteiger partial charge in [-0.3, -0.25) is 4.79 Å². The van der Waals surface area contributed by atoms with Gasteiger partial charge >= 0.3 is 12.5 Å². The van der Waals surface area contributed by atoms with Crippen molar-refractivity contribution in [2.75, 3.05) is 0 Å². The van der Waals surface area contributed by atoms with Gasteiger partial charge in [0, 0.05) is 0 Å². The molecule has 0 fully saturated rings. The first kappa shape index (κ1) is 22.2. The fourth-order valence-electron chi connectivity index (χ4n) is 2.80. The van der Waals surface area contributed by atoms with Crippen LogP contribution in [0.5, 0.6) is 11.5 Å². The molecular formula is C22H14F6O3. The maximum absolute atomic E-state index is 12.8. The molecule has 3 rings (SSSR count). The third-order valence-corrected chi connectivity index (χ3v) is 4.21. The summed E-state index contributed by atoms with van der Waals surface area (Å²) in [5.74, 6) is -0.221. The van der Waals surface area contributed by atoms with E-state index in [0.717, 1.165) is 24.3 Å². The highest BCUT2D eigenvalue weighted by atomic mass is 19.4. The number of halogens is 6. The number of aldehydes is 1. The largest absolute Gasteiger partial charge is 0.573 e. The average molecular weight is 440 g/mol. The normalized spacial score (nSPS) is 11.8. The van der Waals surface area contributed by atoms with Crippen LogP contribution in [-0.4, -0.2) is 12.6 Å². The van der Waals surface area contributed by atoms with Crippen LogP contribution in [0.25, 0.3) is 11.1 Å². The lowest BCUT2D eigenvalue weighted by molar-refractivity contribution is -0.274. The van der Waals surface area contributed by atoms with Gasteiger partial charge in [0.15, 0.2) is 6.29 Å². The molecule has 0 atom stereocenters. The predicted octanol–water partition coefficient (Wildman–Crippen LogP) is 6.66. The summed E-state index contributed by atoms with van der Waals surface area (Å²) in [6.45, 7) is -0.187. The molecule has 0 bridgehead atoms. The van der Waals surface area contributed by atoms with Gasteiger partial charge in [-0.05, 0) is 53.1 Å². The Morgan fingerprint density at radius 2 is 1.48 bits per heavy atom. The van der Waals surface area contributed by atoms with E-state index in [1.165, 1.54) is 36.4 Å². The Hall–Kier alpha value is -3.49. The predicted molar refractivity (Wildman–Crippen MR) is 99.7 cm³/mol. The third-order valence-electron chi connectivity index (χ3n) is 4.21. The molecule has 0 heterocycles. The van der Waals surface area contributed by atoms with Crippen molar-refractivity contribution < 1.29 is 40.6 Å². The molecule has 9 heteroatoms. The number of rotatable bonds is 6. The number of hydrogen-bond donors (Lipinski definition) is 0. The molecule has 3 aromatic rings. The summed E-state index contributed by atoms with van der Waals surface area (Å²) in [7, 11) is 0. The highest BCUT2D eigenvalue weighted by Gasteiger charge is 2.31. The molecule has 0 radical (unpaired) electrons. The van der Waals surface area contributed by atoms with Crippen molar-refractivity contribution >= 4 is 6.29 Å². The smallest absolute Gasteiger partial charge is 0.488 e. The van der Waals surface area contributed by atoms with E-state index in [1.54, 1.807) is 6.07 Å². The summed E-state index contributed by atoms with van der Waals surface area (Å²) in [5, 5.41) is 0. The lowest BCUT2D eigenvalue weighted by Crippen LogP contribution is -2.16. The summed E-state index contributed by atoms with van der Waals surface area (Å²) >= 11 is 0. The van der Waals surface area contributed by atoms with Crippen LogP contribution in [-0.2, 0) is 12.8 Å². The molecular weight excluding hydrogens is 426 g/mol. The molecule has 3 aromatic carbocycles. The zero-order valence-electron chi connectivity index (χ0n) is 15.6. The Balaban J connectivity index is 1.75. The lowest BCUT2D eigenvalue weighted by atomic mass is 10.0. The van der Waals surface area contributed by atoms with E-state index in [0.29, 0.717) is 17.4 Å². The lowest BCUT2D eigenvalue weighted by Gasteiger charge is -2.13. The molecule has 0 aromatic heterocycles. The fraction of sp³-hybridized carbons (Fsp3) is 0.136. The van der Waals surface area contributed by atoms with E-state index in [-0.39, 0.29) is 29.2 Å². The third kappa shape index (κ3) is 6.00. The van der Waals surface area contributed by atoms with Crippen molar-refractivity contribution in [1.82, 2.24) is 0 Å². The molecule has 0 aliphatic carbocycles. The van der Waals surface area contributed by atoms with E-state index in [1.807, 2.05) is 0 Å². The van der Waals surface area contributed by atoms with E-state index in [4.69, 9.17) is 4.74 Å². The van der Waals surface area contributed by atoms with Gasteiger partial charge in [0.25, 0.3) is 0 Å². The van der Waals surface area contributed by atoms with Gasteiger partial charge in [-0.25, -0.2) is 0 Å². The topological polar surface area (TPSA) is 35.5 Å². The van der Waals surface area contributed by atoms with Crippen LogP contribution in [0.1, 0.15) is 21.5 Å². The number of ether oxygens (including phenoxy) is 2. The molecule has 3 nitrogen and oxygen atoms in total. The van der Waals surface area contributed by atoms with Crippen molar-refractivity contribution in [3.63, 3.8) is 0 Å². The second-order valence-electron chi connectivity index (χ2n) is 6.43. The van der Waals surface area contributed by atoms with Crippen molar-refractivity contribution in [1.29, 1.82) is 0 Å². The molecule has 0 aliphatic rings. The molecule has 162 valence electrons. The first-order valence-corrected chi connectivity index (χ1v) is 8.79. The van der Waals surface area contributed by atoms with E-state index >= 15 is 0 Å². The summed E-state index contributed by atoms with van der Waals surface area (Å²) in [6, 6.07) is 14.2. The maximum Gasteiger partial charge on any atom is 0.573 e. The van der Waals surface area contributed by atoms with Gasteiger partial charge in [-0.2, -0.15) is 13.2 Å². The number of carbonyl (C=O) groups excluding carboxylic acids is 1. The fourth-order valence-corrected chi connectivity index (χ4v) is 2.80. The van der Waals surface area contributed by atoms with Crippen LogP contribution in [0.2, 0.25) is 0 Å². The summed E-state index contributed by atoms with van der Waals surface area (Å²) in [4.78, 5) is 11.4. The average Bonchev–Trinajstić information content (AvgIpc) is 2.71. The first-order chi connectivity index (χ1) is 14.5. The summed E-state index contributed by atoms with van der Waals surface area (Å²) in [6.07, 6.45) is -8.76. The van der Waals surface area contributed by atoms with Gasteiger partial charge < -0.3 is 9.47 Å². The maximum atomic E-state index is 12.8. The Kier molecular flexibility index (Phi) is 6.24. The highest BCUT2D eigenvalue weighted by molar-refractivity contribution is 5.83. The van der Waals surface area contributed by atoms with E-state index < -0.39 is 18.1 Å². The quantitative estimate of drug-likeness (QED) is 0.318. The van der Waals surface area contributed by atoms with Crippen LogP contribution in [0.4, 0.5) is 26.3 Å². The summed E-state index contributed by atoms with van der Waals surface area (Å²) < 4.78 is 84.5. The molecule has 0 saturated heterocycles. The minimum atomic E-state index is -4.80. The van der Waals surface area contributed by atoms with Crippen molar-refractivity contribution in [3.8, 4) is 22.6 Å². The van der Waals surface area contributed by atoms with Gasteiger partial charge in [0.2, 0.25) is 0 Å². The van der Waals surface area contributed by atoms with Gasteiger partial charge in [0.05, 0.1) is 11.1 Å². The summed E-state index contributed by atoms with van der Waals surface area (Å²) in [5.41, 5.74) is 0.669. The molecule has 0 spiro atoms. The van der Waals surface area contributed by atoms with Crippen LogP contribution >= 0.6 is 0 Å². The van der Waals surface area contributed by atoms with Crippen LogP contribution in [0, 0.1) is 0 Å². The Morgan fingerprint density at radius 3 is 2.10 bits per heavy atom. The SMILES string of the molecule is O=Cc1cc(-c2ccc(OC(F)(F)F)cc2)ccc1OCc1cccc(C(F)(F)F)c1. The Morgan fingerprint density at radius 1 is 0.806 bits per heavy atom. The minimum absolute atomic E-state index is 0.139. The molecule has 0 aliphatic heterocycles. The molecule has 0 saturated carbocycles. The van der Waals surface area contributed by atoms with E-state index in [9.17, 15) is 31.1 Å². The highest BCUT2D eigenvalue weighted by Crippen LogP contribution is 2.31. The second-order valence-corrected chi connectivity index (χ2v) is 6.43. The monoisotopic (exact) mass is 440 g/mol. The van der Waals surface area contributed by atoms with Crippen molar-refractivity contribution in [3.05, 3.63) is 83.4 Å². The second kappa shape index (κ2) is 8.71. The number of carbonyl (C=O) groups is 1. The van der Waals surface area contributed by atoms with Crippen LogP contribution in [0.15, 0.2) is 66.7 Å². The molecule has 31 heavy (non-hydrogen) atoms. The number of benzene rings is 3. The molecule has 0 N–H and O–H groups in total. The zero-order valence-corrected chi connectivity index (χ0v) is 15.6. The Bertz CT molecular complexity index is 1060. The molecule has 0 amide bonds. The number of hydrogen-bond acceptors (Lipinski definition) is 3. The Labute approximate surface area is 172 Å². The van der Waals surface area contributed by atoms with Gasteiger partial charge in [0.1, 0.15) is 18.1 Å². The number of alkyl halides is 6. The zero-order chi connectivity index (χ0) is 22.6. The van der Waals surface area contributed by atoms with Crippen molar-refractivity contribution in [2.24, 2.45) is 0 Å².